The normalized spacial score (nSPS) is 9.20. The van der Waals surface area contributed by atoms with Gasteiger partial charge in [-0.15, -0.1) is 0 Å². The first-order valence-corrected chi connectivity index (χ1v) is 4.84. The third kappa shape index (κ3) is 2.70. The Labute approximate surface area is 95.5 Å². The minimum Gasteiger partial charge on any atom is -0.493 e. The smallest absolute Gasteiger partial charge is 0.308 e. The molecule has 1 aromatic rings. The van der Waals surface area contributed by atoms with E-state index >= 15 is 0 Å². The van der Waals surface area contributed by atoms with Gasteiger partial charge in [-0.3, -0.25) is 4.79 Å². The lowest BCUT2D eigenvalue weighted by Crippen LogP contribution is -2.04. The summed E-state index contributed by atoms with van der Waals surface area (Å²) in [7, 11) is 1.44. The van der Waals surface area contributed by atoms with Crippen LogP contribution in [0.5, 0.6) is 11.5 Å². The van der Waals surface area contributed by atoms with E-state index in [-0.39, 0.29) is 11.3 Å². The van der Waals surface area contributed by atoms with Gasteiger partial charge in [-0.1, -0.05) is 15.9 Å². The molecule has 1 aromatic carbocycles. The fourth-order valence-corrected chi connectivity index (χ4v) is 1.49. The first-order chi connectivity index (χ1) is 7.08. The molecule has 0 N–H and O–H groups in total. The van der Waals surface area contributed by atoms with Crippen LogP contribution in [0.3, 0.4) is 0 Å². The van der Waals surface area contributed by atoms with Gasteiger partial charge in [-0.2, -0.15) is 5.26 Å². The highest BCUT2D eigenvalue weighted by Crippen LogP contribution is 2.34. The quantitative estimate of drug-likeness (QED) is 0.611. The largest absolute Gasteiger partial charge is 0.493 e. The van der Waals surface area contributed by atoms with Gasteiger partial charge in [0, 0.05) is 11.4 Å². The van der Waals surface area contributed by atoms with Gasteiger partial charge < -0.3 is 9.47 Å². The minimum atomic E-state index is -0.493. The molecule has 0 aromatic heterocycles. The Bertz CT molecular complexity index is 437. The molecule has 0 spiro atoms. The lowest BCUT2D eigenvalue weighted by atomic mass is 10.2. The number of nitriles is 1. The van der Waals surface area contributed by atoms with Crippen molar-refractivity contribution in [1.29, 1.82) is 5.26 Å². The second-order valence-electron chi connectivity index (χ2n) is 2.69. The van der Waals surface area contributed by atoms with Crippen LogP contribution in [0.4, 0.5) is 0 Å². The van der Waals surface area contributed by atoms with E-state index in [1.807, 2.05) is 6.07 Å². The van der Waals surface area contributed by atoms with E-state index in [4.69, 9.17) is 14.7 Å². The Morgan fingerprint density at radius 2 is 2.20 bits per heavy atom. The van der Waals surface area contributed by atoms with Gasteiger partial charge in [-0.25, -0.2) is 0 Å². The van der Waals surface area contributed by atoms with Crippen molar-refractivity contribution in [2.24, 2.45) is 0 Å². The predicted octanol–water partition coefficient (Wildman–Crippen LogP) is 2.25. The van der Waals surface area contributed by atoms with Gasteiger partial charge in [0.25, 0.3) is 0 Å². The van der Waals surface area contributed by atoms with Crippen molar-refractivity contribution in [3.63, 3.8) is 0 Å². The second kappa shape index (κ2) is 4.80. The summed E-state index contributed by atoms with van der Waals surface area (Å²) in [6.45, 7) is 1.27. The molecule has 0 saturated heterocycles. The molecule has 0 unspecified atom stereocenters. The van der Waals surface area contributed by atoms with Crippen LogP contribution in [0.2, 0.25) is 0 Å². The number of methoxy groups -OCH3 is 1. The monoisotopic (exact) mass is 269 g/mol. The molecule has 15 heavy (non-hydrogen) atoms. The Hall–Kier alpha value is -1.54. The second-order valence-corrected chi connectivity index (χ2v) is 3.61. The molecule has 0 amide bonds. The zero-order chi connectivity index (χ0) is 11.4. The molecular formula is C10H8BrNO3. The SMILES string of the molecule is COc1cc(Br)cc(C#N)c1OC(C)=O. The highest BCUT2D eigenvalue weighted by Gasteiger charge is 2.14. The van der Waals surface area contributed by atoms with Crippen molar-refractivity contribution < 1.29 is 14.3 Å². The van der Waals surface area contributed by atoms with Gasteiger partial charge >= 0.3 is 5.97 Å². The summed E-state index contributed by atoms with van der Waals surface area (Å²) >= 11 is 3.22. The summed E-state index contributed by atoms with van der Waals surface area (Å²) in [6, 6.07) is 5.11. The third-order valence-corrected chi connectivity index (χ3v) is 2.06. The van der Waals surface area contributed by atoms with Crippen molar-refractivity contribution in [3.05, 3.63) is 22.2 Å². The molecule has 0 atom stereocenters. The van der Waals surface area contributed by atoms with Crippen molar-refractivity contribution in [3.8, 4) is 17.6 Å². The van der Waals surface area contributed by atoms with E-state index in [9.17, 15) is 4.79 Å². The molecule has 5 heteroatoms. The maximum absolute atomic E-state index is 10.8. The minimum absolute atomic E-state index is 0.149. The Kier molecular flexibility index (Phi) is 3.69. The molecule has 4 nitrogen and oxygen atoms in total. The maximum atomic E-state index is 10.8. The van der Waals surface area contributed by atoms with E-state index in [2.05, 4.69) is 15.9 Å². The Morgan fingerprint density at radius 1 is 1.53 bits per heavy atom. The summed E-state index contributed by atoms with van der Waals surface area (Å²) in [5.41, 5.74) is 0.247. The molecule has 78 valence electrons. The fraction of sp³-hybridized carbons (Fsp3) is 0.200. The number of rotatable bonds is 2. The van der Waals surface area contributed by atoms with Crippen molar-refractivity contribution >= 4 is 21.9 Å². The molecule has 0 radical (unpaired) electrons. The van der Waals surface area contributed by atoms with Crippen LogP contribution in [0.25, 0.3) is 0 Å². The van der Waals surface area contributed by atoms with E-state index < -0.39 is 5.97 Å². The number of ether oxygens (including phenoxy) is 2. The first kappa shape index (κ1) is 11.5. The van der Waals surface area contributed by atoms with Crippen molar-refractivity contribution in [2.45, 2.75) is 6.92 Å². The molecule has 1 rings (SSSR count). The van der Waals surface area contributed by atoms with Gasteiger partial charge in [0.2, 0.25) is 0 Å². The summed E-state index contributed by atoms with van der Waals surface area (Å²) in [6.07, 6.45) is 0. The summed E-state index contributed by atoms with van der Waals surface area (Å²) in [4.78, 5) is 10.8. The highest BCUT2D eigenvalue weighted by molar-refractivity contribution is 9.10. The highest BCUT2D eigenvalue weighted by atomic mass is 79.9. The first-order valence-electron chi connectivity index (χ1n) is 4.04. The third-order valence-electron chi connectivity index (χ3n) is 1.61. The average Bonchev–Trinajstić information content (AvgIpc) is 2.19. The number of benzene rings is 1. The van der Waals surface area contributed by atoms with Crippen LogP contribution in [-0.4, -0.2) is 13.1 Å². The number of hydrogen-bond acceptors (Lipinski definition) is 4. The molecule has 0 aliphatic carbocycles. The van der Waals surface area contributed by atoms with E-state index in [0.29, 0.717) is 10.2 Å². The predicted molar refractivity (Wildman–Crippen MR) is 56.7 cm³/mol. The van der Waals surface area contributed by atoms with Gasteiger partial charge in [0.05, 0.1) is 12.7 Å². The lowest BCUT2D eigenvalue weighted by Gasteiger charge is -2.09. The van der Waals surface area contributed by atoms with Gasteiger partial charge in [0.1, 0.15) is 6.07 Å². The standard InChI is InChI=1S/C10H8BrNO3/c1-6(13)15-10-7(5-12)3-8(11)4-9(10)14-2/h3-4H,1-2H3. The molecule has 0 saturated carbocycles. The van der Waals surface area contributed by atoms with Gasteiger partial charge in [-0.05, 0) is 12.1 Å². The van der Waals surface area contributed by atoms with E-state index in [1.165, 1.54) is 14.0 Å². The number of nitrogens with zero attached hydrogens (tertiary/aromatic N) is 1. The molecular weight excluding hydrogens is 262 g/mol. The van der Waals surface area contributed by atoms with E-state index in [1.54, 1.807) is 12.1 Å². The van der Waals surface area contributed by atoms with Crippen LogP contribution in [-0.2, 0) is 4.79 Å². The maximum Gasteiger partial charge on any atom is 0.308 e. The van der Waals surface area contributed by atoms with Crippen LogP contribution in [0.1, 0.15) is 12.5 Å². The van der Waals surface area contributed by atoms with Crippen LogP contribution in [0.15, 0.2) is 16.6 Å². The molecule has 0 bridgehead atoms. The molecule has 0 heterocycles. The topological polar surface area (TPSA) is 59.3 Å². The molecule has 0 fully saturated rings. The van der Waals surface area contributed by atoms with E-state index in [0.717, 1.165) is 0 Å². The summed E-state index contributed by atoms with van der Waals surface area (Å²) in [5, 5.41) is 8.86. The number of carbonyl (C=O) groups excluding carboxylic acids is 1. The number of hydrogen-bond donors (Lipinski definition) is 0. The number of halogens is 1. The summed E-state index contributed by atoms with van der Waals surface area (Å²) in [5.74, 6) is -0.000975. The Morgan fingerprint density at radius 3 is 2.67 bits per heavy atom. The lowest BCUT2D eigenvalue weighted by molar-refractivity contribution is -0.132. The van der Waals surface area contributed by atoms with Crippen LogP contribution in [0, 0.1) is 11.3 Å². The van der Waals surface area contributed by atoms with Crippen molar-refractivity contribution in [2.75, 3.05) is 7.11 Å². The zero-order valence-corrected chi connectivity index (χ0v) is 9.79. The number of esters is 1. The van der Waals surface area contributed by atoms with Gasteiger partial charge in [0.15, 0.2) is 11.5 Å². The molecule has 0 aliphatic rings. The Balaban J connectivity index is 3.31. The number of carbonyl (C=O) groups is 1. The van der Waals surface area contributed by atoms with Crippen molar-refractivity contribution in [1.82, 2.24) is 0 Å². The van der Waals surface area contributed by atoms with Crippen LogP contribution >= 0.6 is 15.9 Å². The summed E-state index contributed by atoms with van der Waals surface area (Å²) < 4.78 is 10.6. The average molecular weight is 270 g/mol. The molecule has 0 aliphatic heterocycles. The fourth-order valence-electron chi connectivity index (χ4n) is 1.05. The van der Waals surface area contributed by atoms with Crippen LogP contribution < -0.4 is 9.47 Å². The zero-order valence-electron chi connectivity index (χ0n) is 8.20.